The molecule has 1 atom stereocenters. The number of allylic oxidation sites excluding steroid dienone is 1. The first-order chi connectivity index (χ1) is 14.1. The molecule has 1 aliphatic heterocycles. The van der Waals surface area contributed by atoms with Crippen LogP contribution in [0.15, 0.2) is 29.7 Å². The molecule has 9 nitrogen and oxygen atoms in total. The van der Waals surface area contributed by atoms with Crippen LogP contribution in [0.1, 0.15) is 38.3 Å². The van der Waals surface area contributed by atoms with Crippen LogP contribution in [-0.2, 0) is 9.53 Å². The minimum atomic E-state index is -0.593. The number of aromatic nitrogens is 3. The second kappa shape index (κ2) is 8.85. The molecule has 0 aliphatic carbocycles. The highest BCUT2D eigenvalue weighted by Crippen LogP contribution is 2.44. The van der Waals surface area contributed by atoms with Crippen LogP contribution in [0.4, 0.5) is 5.95 Å². The smallest absolute Gasteiger partial charge is 0.338 e. The van der Waals surface area contributed by atoms with Gasteiger partial charge in [-0.05, 0) is 19.4 Å². The number of esters is 1. The van der Waals surface area contributed by atoms with E-state index < -0.39 is 12.0 Å². The molecule has 9 heteroatoms. The third-order valence-corrected chi connectivity index (χ3v) is 4.70. The van der Waals surface area contributed by atoms with Crippen molar-refractivity contribution in [3.8, 4) is 17.2 Å². The highest BCUT2D eigenvalue weighted by molar-refractivity contribution is 5.92. The summed E-state index contributed by atoms with van der Waals surface area (Å²) in [7, 11) is 4.68. The predicted octanol–water partition coefficient (Wildman–Crippen LogP) is 2.94. The Kier molecular flexibility index (Phi) is 6.26. The fourth-order valence-corrected chi connectivity index (χ4v) is 3.46. The molecule has 0 saturated heterocycles. The highest BCUT2D eigenvalue weighted by Gasteiger charge is 2.37. The standard InChI is InChI=1S/C20H26N4O5/c1-6-8-13-17(19(25)29-7-2)18(24-20(23-13)21-11-22-24)12-9-15(27-4)16(28-5)10-14(12)26-3/h9-11,18H,6-8H2,1-5H3,(H,21,22,23)/t18-/m1/s1. The molecule has 1 aliphatic rings. The van der Waals surface area contributed by atoms with E-state index in [9.17, 15) is 4.79 Å². The number of carbonyl (C=O) groups excluding carboxylic acids is 1. The minimum absolute atomic E-state index is 0.266. The van der Waals surface area contributed by atoms with Crippen molar-refractivity contribution in [3.05, 3.63) is 35.3 Å². The summed E-state index contributed by atoms with van der Waals surface area (Å²) in [5.74, 6) is 1.71. The summed E-state index contributed by atoms with van der Waals surface area (Å²) in [6.07, 6.45) is 2.95. The third kappa shape index (κ3) is 3.72. The van der Waals surface area contributed by atoms with Crippen LogP contribution in [-0.4, -0.2) is 48.7 Å². The Hall–Kier alpha value is -3.23. The number of anilines is 1. The monoisotopic (exact) mass is 402 g/mol. The maximum Gasteiger partial charge on any atom is 0.338 e. The number of nitrogens with zero attached hydrogens (tertiary/aromatic N) is 3. The second-order valence-corrected chi connectivity index (χ2v) is 6.37. The molecular weight excluding hydrogens is 376 g/mol. The van der Waals surface area contributed by atoms with Gasteiger partial charge in [0.25, 0.3) is 0 Å². The number of carbonyl (C=O) groups is 1. The number of fused-ring (bicyclic) bond motifs is 1. The highest BCUT2D eigenvalue weighted by atomic mass is 16.5. The van der Waals surface area contributed by atoms with E-state index in [0.717, 1.165) is 12.1 Å². The Morgan fingerprint density at radius 1 is 1.10 bits per heavy atom. The molecule has 1 aromatic carbocycles. The quantitative estimate of drug-likeness (QED) is 0.673. The lowest BCUT2D eigenvalue weighted by molar-refractivity contribution is -0.139. The fraction of sp³-hybridized carbons (Fsp3) is 0.450. The maximum absolute atomic E-state index is 13.0. The van der Waals surface area contributed by atoms with Crippen LogP contribution >= 0.6 is 0 Å². The normalized spacial score (nSPS) is 15.4. The lowest BCUT2D eigenvalue weighted by Crippen LogP contribution is -2.30. The molecule has 29 heavy (non-hydrogen) atoms. The summed E-state index contributed by atoms with van der Waals surface area (Å²) in [6.45, 7) is 4.09. The van der Waals surface area contributed by atoms with Gasteiger partial charge in [-0.1, -0.05) is 13.3 Å². The second-order valence-electron chi connectivity index (χ2n) is 6.37. The van der Waals surface area contributed by atoms with E-state index in [4.69, 9.17) is 18.9 Å². The van der Waals surface area contributed by atoms with Crippen LogP contribution in [0.2, 0.25) is 0 Å². The Morgan fingerprint density at radius 2 is 1.79 bits per heavy atom. The number of rotatable bonds is 8. The molecule has 3 rings (SSSR count). The number of nitrogens with one attached hydrogen (secondary N) is 1. The zero-order valence-corrected chi connectivity index (χ0v) is 17.3. The number of benzene rings is 1. The average Bonchev–Trinajstić information content (AvgIpc) is 3.20. The molecule has 0 fully saturated rings. The van der Waals surface area contributed by atoms with Crippen molar-refractivity contribution in [3.63, 3.8) is 0 Å². The summed E-state index contributed by atoms with van der Waals surface area (Å²) in [5.41, 5.74) is 1.92. The van der Waals surface area contributed by atoms with Gasteiger partial charge in [-0.15, -0.1) is 0 Å². The number of methoxy groups -OCH3 is 3. The fourth-order valence-electron chi connectivity index (χ4n) is 3.46. The van der Waals surface area contributed by atoms with Crippen molar-refractivity contribution in [2.24, 2.45) is 0 Å². The molecule has 0 radical (unpaired) electrons. The molecule has 0 spiro atoms. The average molecular weight is 402 g/mol. The van der Waals surface area contributed by atoms with Crippen molar-refractivity contribution in [1.29, 1.82) is 0 Å². The van der Waals surface area contributed by atoms with Gasteiger partial charge < -0.3 is 24.3 Å². The van der Waals surface area contributed by atoms with E-state index in [0.29, 0.717) is 40.8 Å². The van der Waals surface area contributed by atoms with E-state index in [1.165, 1.54) is 6.33 Å². The number of hydrogen-bond acceptors (Lipinski definition) is 8. The van der Waals surface area contributed by atoms with Crippen molar-refractivity contribution >= 4 is 11.9 Å². The zero-order chi connectivity index (χ0) is 21.0. The topological polar surface area (TPSA) is 96.7 Å². The molecular formula is C20H26N4O5. The molecule has 0 amide bonds. The Bertz CT molecular complexity index is 922. The number of hydrogen-bond donors (Lipinski definition) is 1. The summed E-state index contributed by atoms with van der Waals surface area (Å²) >= 11 is 0. The van der Waals surface area contributed by atoms with Gasteiger partial charge in [0, 0.05) is 17.3 Å². The SMILES string of the molecule is CCCC1=C(C(=O)OCC)[C@@H](c2cc(OC)c(OC)cc2OC)n2ncnc2N1. The molecule has 0 bridgehead atoms. The largest absolute Gasteiger partial charge is 0.496 e. The van der Waals surface area contributed by atoms with Gasteiger partial charge in [0.15, 0.2) is 11.5 Å². The lowest BCUT2D eigenvalue weighted by atomic mass is 9.93. The summed E-state index contributed by atoms with van der Waals surface area (Å²) in [4.78, 5) is 17.3. The third-order valence-electron chi connectivity index (χ3n) is 4.70. The van der Waals surface area contributed by atoms with Gasteiger partial charge in [-0.3, -0.25) is 0 Å². The maximum atomic E-state index is 13.0. The van der Waals surface area contributed by atoms with Crippen molar-refractivity contribution in [1.82, 2.24) is 14.8 Å². The van der Waals surface area contributed by atoms with Gasteiger partial charge in [0.2, 0.25) is 5.95 Å². The zero-order valence-electron chi connectivity index (χ0n) is 17.3. The van der Waals surface area contributed by atoms with Crippen molar-refractivity contribution in [2.45, 2.75) is 32.7 Å². The summed E-state index contributed by atoms with van der Waals surface area (Å²) in [6, 6.07) is 2.93. The van der Waals surface area contributed by atoms with Gasteiger partial charge in [-0.25, -0.2) is 9.48 Å². The molecule has 2 aromatic rings. The van der Waals surface area contributed by atoms with E-state index in [1.54, 1.807) is 45.1 Å². The van der Waals surface area contributed by atoms with E-state index in [2.05, 4.69) is 15.4 Å². The molecule has 1 aromatic heterocycles. The molecule has 1 N–H and O–H groups in total. The predicted molar refractivity (Wildman–Crippen MR) is 106 cm³/mol. The van der Waals surface area contributed by atoms with E-state index in [1.807, 2.05) is 6.92 Å². The molecule has 2 heterocycles. The first-order valence-corrected chi connectivity index (χ1v) is 9.46. The Labute approximate surface area is 169 Å². The van der Waals surface area contributed by atoms with Crippen LogP contribution in [0.3, 0.4) is 0 Å². The van der Waals surface area contributed by atoms with Crippen molar-refractivity contribution in [2.75, 3.05) is 33.3 Å². The Morgan fingerprint density at radius 3 is 2.41 bits per heavy atom. The van der Waals surface area contributed by atoms with Gasteiger partial charge >= 0.3 is 5.97 Å². The van der Waals surface area contributed by atoms with Gasteiger partial charge in [-0.2, -0.15) is 10.1 Å². The number of ether oxygens (including phenoxy) is 4. The molecule has 0 unspecified atom stereocenters. The van der Waals surface area contributed by atoms with Gasteiger partial charge in [0.1, 0.15) is 18.1 Å². The van der Waals surface area contributed by atoms with Crippen LogP contribution in [0.25, 0.3) is 0 Å². The van der Waals surface area contributed by atoms with E-state index >= 15 is 0 Å². The van der Waals surface area contributed by atoms with Crippen molar-refractivity contribution < 1.29 is 23.7 Å². The minimum Gasteiger partial charge on any atom is -0.496 e. The molecule has 156 valence electrons. The lowest BCUT2D eigenvalue weighted by Gasteiger charge is -2.30. The Balaban J connectivity index is 2.27. The molecule has 0 saturated carbocycles. The van der Waals surface area contributed by atoms with Gasteiger partial charge in [0.05, 0.1) is 33.5 Å². The first-order valence-electron chi connectivity index (χ1n) is 9.46. The van der Waals surface area contributed by atoms with E-state index in [-0.39, 0.29) is 6.61 Å². The summed E-state index contributed by atoms with van der Waals surface area (Å²) < 4.78 is 23.5. The van der Waals surface area contributed by atoms with Crippen LogP contribution in [0, 0.1) is 0 Å². The van der Waals surface area contributed by atoms with Crippen LogP contribution in [0.5, 0.6) is 17.2 Å². The van der Waals surface area contributed by atoms with Crippen LogP contribution < -0.4 is 19.5 Å². The summed E-state index contributed by atoms with van der Waals surface area (Å²) in [5, 5.41) is 7.58. The first kappa shape index (κ1) is 20.5.